The number of aliphatic carboxylic acids is 1. The molecule has 2 heterocycles. The number of amides is 1. The lowest BCUT2D eigenvalue weighted by Crippen LogP contribution is -2.33. The van der Waals surface area contributed by atoms with Crippen LogP contribution in [0.1, 0.15) is 54.0 Å². The normalized spacial score (nSPS) is 13.3. The van der Waals surface area contributed by atoms with E-state index in [0.29, 0.717) is 27.9 Å². The van der Waals surface area contributed by atoms with Gasteiger partial charge in [-0.05, 0) is 31.9 Å². The molecule has 2 aromatic heterocycles. The molecule has 0 saturated heterocycles. The SMILES string of the molecule is CCC(C)n1ncc2c(C(=O)N[C@H](C(=O)O)c3ccccc3)cc(C)nc21. The molecule has 0 spiro atoms. The number of hydrogen-bond donors (Lipinski definition) is 2. The van der Waals surface area contributed by atoms with E-state index in [1.807, 2.05) is 6.92 Å². The molecule has 1 aromatic carbocycles. The molecule has 7 nitrogen and oxygen atoms in total. The zero-order chi connectivity index (χ0) is 19.6. The van der Waals surface area contributed by atoms with Gasteiger partial charge in [0.25, 0.3) is 5.91 Å². The number of nitrogens with zero attached hydrogens (tertiary/aromatic N) is 3. The number of fused-ring (bicyclic) bond motifs is 1. The number of carboxylic acid groups (broad SMARTS) is 1. The van der Waals surface area contributed by atoms with Gasteiger partial charge in [-0.15, -0.1) is 0 Å². The van der Waals surface area contributed by atoms with Crippen LogP contribution in [0.2, 0.25) is 0 Å². The number of carbonyl (C=O) groups is 2. The molecule has 2 N–H and O–H groups in total. The first-order valence-corrected chi connectivity index (χ1v) is 8.85. The number of nitrogens with one attached hydrogen (secondary N) is 1. The Bertz CT molecular complexity index is 982. The van der Waals surface area contributed by atoms with Crippen LogP contribution in [0.15, 0.2) is 42.6 Å². The molecular formula is C20H22N4O3. The number of aromatic nitrogens is 3. The predicted octanol–water partition coefficient (Wildman–Crippen LogP) is 3.27. The van der Waals surface area contributed by atoms with E-state index in [1.54, 1.807) is 54.2 Å². The Balaban J connectivity index is 2.00. The van der Waals surface area contributed by atoms with E-state index >= 15 is 0 Å². The number of benzene rings is 1. The fraction of sp³-hybridized carbons (Fsp3) is 0.300. The van der Waals surface area contributed by atoms with E-state index in [4.69, 9.17) is 0 Å². The predicted molar refractivity (Wildman–Crippen MR) is 102 cm³/mol. The summed E-state index contributed by atoms with van der Waals surface area (Å²) in [5.74, 6) is -1.59. The van der Waals surface area contributed by atoms with Gasteiger partial charge in [0, 0.05) is 5.69 Å². The van der Waals surface area contributed by atoms with Crippen molar-refractivity contribution in [1.82, 2.24) is 20.1 Å². The van der Waals surface area contributed by atoms with Crippen LogP contribution in [0, 0.1) is 6.92 Å². The summed E-state index contributed by atoms with van der Waals surface area (Å²) in [5.41, 5.74) is 2.18. The number of hydrogen-bond acceptors (Lipinski definition) is 4. The van der Waals surface area contributed by atoms with Gasteiger partial charge in [0.1, 0.15) is 0 Å². The molecule has 0 aliphatic rings. The van der Waals surface area contributed by atoms with E-state index in [0.717, 1.165) is 6.42 Å². The lowest BCUT2D eigenvalue weighted by molar-refractivity contribution is -0.139. The van der Waals surface area contributed by atoms with Crippen LogP contribution in [-0.4, -0.2) is 31.7 Å². The molecule has 2 atom stereocenters. The second-order valence-corrected chi connectivity index (χ2v) is 6.55. The summed E-state index contributed by atoms with van der Waals surface area (Å²) in [6.07, 6.45) is 2.49. The van der Waals surface area contributed by atoms with Crippen molar-refractivity contribution in [3.8, 4) is 0 Å². The highest BCUT2D eigenvalue weighted by atomic mass is 16.4. The molecule has 140 valence electrons. The Kier molecular flexibility index (Phi) is 5.21. The van der Waals surface area contributed by atoms with Gasteiger partial charge in [0.2, 0.25) is 0 Å². The first-order chi connectivity index (χ1) is 12.9. The third-order valence-corrected chi connectivity index (χ3v) is 4.60. The summed E-state index contributed by atoms with van der Waals surface area (Å²) < 4.78 is 1.80. The standard InChI is InChI=1S/C20H22N4O3/c1-4-13(3)24-18-16(11-21-24)15(10-12(2)22-18)19(25)23-17(20(26)27)14-8-6-5-7-9-14/h5-11,13,17H,4H2,1-3H3,(H,23,25)(H,26,27)/t13?,17-/m0/s1. The topological polar surface area (TPSA) is 97.1 Å². The molecule has 1 amide bonds. The second-order valence-electron chi connectivity index (χ2n) is 6.55. The van der Waals surface area contributed by atoms with Crippen molar-refractivity contribution in [3.63, 3.8) is 0 Å². The molecule has 0 fully saturated rings. The van der Waals surface area contributed by atoms with Crippen molar-refractivity contribution in [2.24, 2.45) is 0 Å². The van der Waals surface area contributed by atoms with Crippen molar-refractivity contribution in [2.45, 2.75) is 39.3 Å². The largest absolute Gasteiger partial charge is 0.479 e. The van der Waals surface area contributed by atoms with Crippen molar-refractivity contribution in [2.75, 3.05) is 0 Å². The average Bonchev–Trinajstić information content (AvgIpc) is 3.08. The fourth-order valence-corrected chi connectivity index (χ4v) is 2.97. The Morgan fingerprint density at radius 2 is 1.96 bits per heavy atom. The molecule has 0 radical (unpaired) electrons. The van der Waals surface area contributed by atoms with Gasteiger partial charge in [-0.3, -0.25) is 4.79 Å². The summed E-state index contributed by atoms with van der Waals surface area (Å²) >= 11 is 0. The minimum atomic E-state index is -1.13. The first kappa shape index (κ1) is 18.6. The van der Waals surface area contributed by atoms with Crippen LogP contribution in [0.5, 0.6) is 0 Å². The Labute approximate surface area is 157 Å². The molecule has 0 saturated carbocycles. The summed E-state index contributed by atoms with van der Waals surface area (Å²) in [5, 5.41) is 17.2. The Hall–Kier alpha value is -3.22. The molecule has 3 aromatic rings. The number of rotatable bonds is 6. The van der Waals surface area contributed by atoms with Gasteiger partial charge in [-0.1, -0.05) is 37.3 Å². The molecule has 7 heteroatoms. The van der Waals surface area contributed by atoms with Gasteiger partial charge in [0.05, 0.1) is 23.2 Å². The van der Waals surface area contributed by atoms with Gasteiger partial charge in [-0.25, -0.2) is 14.5 Å². The zero-order valence-electron chi connectivity index (χ0n) is 15.5. The van der Waals surface area contributed by atoms with Crippen molar-refractivity contribution in [3.05, 3.63) is 59.4 Å². The van der Waals surface area contributed by atoms with E-state index in [1.165, 1.54) is 0 Å². The fourth-order valence-electron chi connectivity index (χ4n) is 2.97. The number of carbonyl (C=O) groups excluding carboxylic acids is 1. The lowest BCUT2D eigenvalue weighted by atomic mass is 10.1. The van der Waals surface area contributed by atoms with Crippen LogP contribution >= 0.6 is 0 Å². The molecule has 0 aliphatic heterocycles. The Morgan fingerprint density at radius 3 is 2.59 bits per heavy atom. The highest BCUT2D eigenvalue weighted by Crippen LogP contribution is 2.23. The quantitative estimate of drug-likeness (QED) is 0.698. The minimum Gasteiger partial charge on any atom is -0.479 e. The summed E-state index contributed by atoms with van der Waals surface area (Å²) in [7, 11) is 0. The van der Waals surface area contributed by atoms with Crippen LogP contribution < -0.4 is 5.32 Å². The molecular weight excluding hydrogens is 344 g/mol. The van der Waals surface area contributed by atoms with Crippen molar-refractivity contribution >= 4 is 22.9 Å². The van der Waals surface area contributed by atoms with Gasteiger partial charge < -0.3 is 10.4 Å². The first-order valence-electron chi connectivity index (χ1n) is 8.85. The second kappa shape index (κ2) is 7.57. The van der Waals surface area contributed by atoms with Gasteiger partial charge >= 0.3 is 5.97 Å². The summed E-state index contributed by atoms with van der Waals surface area (Å²) in [6, 6.07) is 9.29. The highest BCUT2D eigenvalue weighted by molar-refractivity contribution is 6.06. The number of carboxylic acids is 1. The van der Waals surface area contributed by atoms with Crippen LogP contribution in [0.3, 0.4) is 0 Å². The lowest BCUT2D eigenvalue weighted by Gasteiger charge is -2.16. The maximum absolute atomic E-state index is 12.9. The van der Waals surface area contributed by atoms with Crippen LogP contribution in [0.25, 0.3) is 11.0 Å². The highest BCUT2D eigenvalue weighted by Gasteiger charge is 2.24. The van der Waals surface area contributed by atoms with Gasteiger partial charge in [0.15, 0.2) is 11.7 Å². The Morgan fingerprint density at radius 1 is 1.26 bits per heavy atom. The summed E-state index contributed by atoms with van der Waals surface area (Å²) in [6.45, 7) is 5.89. The molecule has 0 bridgehead atoms. The van der Waals surface area contributed by atoms with Gasteiger partial charge in [-0.2, -0.15) is 5.10 Å². The molecule has 3 rings (SSSR count). The van der Waals surface area contributed by atoms with E-state index in [9.17, 15) is 14.7 Å². The van der Waals surface area contributed by atoms with Crippen molar-refractivity contribution in [1.29, 1.82) is 0 Å². The van der Waals surface area contributed by atoms with E-state index in [-0.39, 0.29) is 6.04 Å². The van der Waals surface area contributed by atoms with E-state index in [2.05, 4.69) is 22.3 Å². The maximum Gasteiger partial charge on any atom is 0.330 e. The van der Waals surface area contributed by atoms with Crippen molar-refractivity contribution < 1.29 is 14.7 Å². The smallest absolute Gasteiger partial charge is 0.330 e. The molecule has 27 heavy (non-hydrogen) atoms. The third-order valence-electron chi connectivity index (χ3n) is 4.60. The molecule has 0 aliphatic carbocycles. The monoisotopic (exact) mass is 366 g/mol. The maximum atomic E-state index is 12.9. The van der Waals surface area contributed by atoms with Crippen LogP contribution in [-0.2, 0) is 4.79 Å². The van der Waals surface area contributed by atoms with Crippen LogP contribution in [0.4, 0.5) is 0 Å². The third kappa shape index (κ3) is 3.67. The average molecular weight is 366 g/mol. The number of aryl methyl sites for hydroxylation is 1. The number of pyridine rings is 1. The molecule has 1 unspecified atom stereocenters. The minimum absolute atomic E-state index is 0.142. The summed E-state index contributed by atoms with van der Waals surface area (Å²) in [4.78, 5) is 29.1. The van der Waals surface area contributed by atoms with E-state index < -0.39 is 17.9 Å². The zero-order valence-corrected chi connectivity index (χ0v) is 15.5.